The van der Waals surface area contributed by atoms with Crippen LogP contribution in [0.5, 0.6) is 0 Å². The second-order valence-electron chi connectivity index (χ2n) is 5.99. The SMILES string of the molecule is CC1CCCN(C(N)=NCC2CCS(=O)(=O)CC2)C1. The lowest BCUT2D eigenvalue weighted by molar-refractivity contribution is 0.270. The Labute approximate surface area is 116 Å². The van der Waals surface area contributed by atoms with Gasteiger partial charge in [-0.1, -0.05) is 6.92 Å². The van der Waals surface area contributed by atoms with Crippen molar-refractivity contribution in [1.29, 1.82) is 0 Å². The highest BCUT2D eigenvalue weighted by molar-refractivity contribution is 7.91. The van der Waals surface area contributed by atoms with Gasteiger partial charge in [-0.3, -0.25) is 4.99 Å². The first kappa shape index (κ1) is 14.6. The van der Waals surface area contributed by atoms with E-state index in [1.54, 1.807) is 0 Å². The zero-order chi connectivity index (χ0) is 13.9. The van der Waals surface area contributed by atoms with Crippen LogP contribution < -0.4 is 5.73 Å². The predicted molar refractivity (Wildman–Crippen MR) is 77.8 cm³/mol. The van der Waals surface area contributed by atoms with Gasteiger partial charge < -0.3 is 10.6 Å². The van der Waals surface area contributed by atoms with Crippen LogP contribution in [0.1, 0.15) is 32.6 Å². The third-order valence-corrected chi connectivity index (χ3v) is 5.88. The maximum atomic E-state index is 11.3. The van der Waals surface area contributed by atoms with E-state index in [9.17, 15) is 8.42 Å². The second-order valence-corrected chi connectivity index (χ2v) is 8.29. The van der Waals surface area contributed by atoms with Crippen molar-refractivity contribution in [3.05, 3.63) is 0 Å². The Morgan fingerprint density at radius 3 is 2.63 bits per heavy atom. The molecule has 0 amide bonds. The van der Waals surface area contributed by atoms with Crippen molar-refractivity contribution in [3.63, 3.8) is 0 Å². The fraction of sp³-hybridized carbons (Fsp3) is 0.923. The van der Waals surface area contributed by atoms with Crippen LogP contribution in [0.3, 0.4) is 0 Å². The molecule has 0 bridgehead atoms. The van der Waals surface area contributed by atoms with Gasteiger partial charge in [-0.15, -0.1) is 0 Å². The number of nitrogens with zero attached hydrogens (tertiary/aromatic N) is 2. The van der Waals surface area contributed by atoms with Crippen LogP contribution in [0.15, 0.2) is 4.99 Å². The van der Waals surface area contributed by atoms with Crippen molar-refractivity contribution >= 4 is 15.8 Å². The molecule has 0 radical (unpaired) electrons. The zero-order valence-electron chi connectivity index (χ0n) is 11.7. The molecule has 2 saturated heterocycles. The molecule has 0 aromatic rings. The van der Waals surface area contributed by atoms with Crippen LogP contribution in [-0.4, -0.2) is 50.4 Å². The summed E-state index contributed by atoms with van der Waals surface area (Å²) in [5.74, 6) is 2.33. The number of aliphatic imine (C=N–C) groups is 1. The molecule has 2 aliphatic rings. The first-order valence-electron chi connectivity index (χ1n) is 7.21. The molecule has 0 aromatic carbocycles. The Kier molecular flexibility index (Phi) is 4.71. The van der Waals surface area contributed by atoms with E-state index in [0.717, 1.165) is 25.9 Å². The van der Waals surface area contributed by atoms with E-state index in [-0.39, 0.29) is 0 Å². The van der Waals surface area contributed by atoms with Gasteiger partial charge >= 0.3 is 0 Å². The molecule has 2 N–H and O–H groups in total. The second kappa shape index (κ2) is 6.11. The lowest BCUT2D eigenvalue weighted by Crippen LogP contribution is -2.43. The Morgan fingerprint density at radius 1 is 1.32 bits per heavy atom. The van der Waals surface area contributed by atoms with E-state index >= 15 is 0 Å². The molecule has 1 atom stereocenters. The van der Waals surface area contributed by atoms with Crippen molar-refractivity contribution in [1.82, 2.24) is 4.90 Å². The molecular formula is C13H25N3O2S. The van der Waals surface area contributed by atoms with Crippen molar-refractivity contribution in [2.45, 2.75) is 32.6 Å². The maximum absolute atomic E-state index is 11.3. The van der Waals surface area contributed by atoms with Crippen molar-refractivity contribution < 1.29 is 8.42 Å². The smallest absolute Gasteiger partial charge is 0.191 e. The fourth-order valence-electron chi connectivity index (χ4n) is 2.84. The first-order valence-corrected chi connectivity index (χ1v) is 9.04. The number of likely N-dealkylation sites (tertiary alicyclic amines) is 1. The topological polar surface area (TPSA) is 75.8 Å². The highest BCUT2D eigenvalue weighted by Crippen LogP contribution is 2.19. The number of hydrogen-bond donors (Lipinski definition) is 1. The first-order chi connectivity index (χ1) is 8.96. The molecule has 2 fully saturated rings. The van der Waals surface area contributed by atoms with Crippen LogP contribution in [0, 0.1) is 11.8 Å². The summed E-state index contributed by atoms with van der Waals surface area (Å²) in [5.41, 5.74) is 6.04. The van der Waals surface area contributed by atoms with Gasteiger partial charge in [0.2, 0.25) is 0 Å². The van der Waals surface area contributed by atoms with Crippen molar-refractivity contribution in [2.75, 3.05) is 31.1 Å². The molecule has 2 heterocycles. The Morgan fingerprint density at radius 2 is 2.00 bits per heavy atom. The van der Waals surface area contributed by atoms with Gasteiger partial charge in [0.15, 0.2) is 5.96 Å². The normalized spacial score (nSPS) is 29.4. The molecule has 2 aliphatic heterocycles. The largest absolute Gasteiger partial charge is 0.370 e. The summed E-state index contributed by atoms with van der Waals surface area (Å²) in [7, 11) is -2.77. The Hall–Kier alpha value is -0.780. The van der Waals surface area contributed by atoms with Crippen LogP contribution in [0.4, 0.5) is 0 Å². The van der Waals surface area contributed by atoms with E-state index in [1.165, 1.54) is 12.8 Å². The average Bonchev–Trinajstić information content (AvgIpc) is 2.37. The molecule has 19 heavy (non-hydrogen) atoms. The summed E-state index contributed by atoms with van der Waals surface area (Å²) >= 11 is 0. The van der Waals surface area contributed by atoms with Crippen LogP contribution in [0.25, 0.3) is 0 Å². The minimum atomic E-state index is -2.77. The quantitative estimate of drug-likeness (QED) is 0.603. The van der Waals surface area contributed by atoms with Crippen molar-refractivity contribution in [2.24, 2.45) is 22.6 Å². The third kappa shape index (κ3) is 4.37. The zero-order valence-corrected chi connectivity index (χ0v) is 12.5. The summed E-state index contributed by atoms with van der Waals surface area (Å²) in [6.45, 7) is 4.91. The standard InChI is InChI=1S/C13H25N3O2S/c1-11-3-2-6-16(10-11)13(14)15-9-12-4-7-19(17,18)8-5-12/h11-12H,2-10H2,1H3,(H2,14,15). The molecule has 0 aliphatic carbocycles. The highest BCUT2D eigenvalue weighted by Gasteiger charge is 2.24. The summed E-state index contributed by atoms with van der Waals surface area (Å²) in [6, 6.07) is 0. The number of rotatable bonds is 2. The number of hydrogen-bond acceptors (Lipinski definition) is 3. The number of sulfone groups is 1. The van der Waals surface area contributed by atoms with Gasteiger partial charge in [-0.2, -0.15) is 0 Å². The van der Waals surface area contributed by atoms with E-state index in [1.807, 2.05) is 0 Å². The van der Waals surface area contributed by atoms with Gasteiger partial charge in [0.1, 0.15) is 9.84 Å². The summed E-state index contributed by atoms with van der Waals surface area (Å²) in [4.78, 5) is 6.64. The molecular weight excluding hydrogens is 262 g/mol. The molecule has 0 saturated carbocycles. The van der Waals surface area contributed by atoms with Crippen LogP contribution >= 0.6 is 0 Å². The monoisotopic (exact) mass is 287 g/mol. The molecule has 6 heteroatoms. The van der Waals surface area contributed by atoms with Crippen molar-refractivity contribution in [3.8, 4) is 0 Å². The fourth-order valence-corrected chi connectivity index (χ4v) is 4.43. The maximum Gasteiger partial charge on any atom is 0.191 e. The van der Waals surface area contributed by atoms with E-state index in [4.69, 9.17) is 5.73 Å². The number of guanidine groups is 1. The highest BCUT2D eigenvalue weighted by atomic mass is 32.2. The number of piperidine rings is 1. The summed E-state index contributed by atoms with van der Waals surface area (Å²) in [5, 5.41) is 0. The predicted octanol–water partition coefficient (Wildman–Crippen LogP) is 0.858. The van der Waals surface area contributed by atoms with E-state index in [2.05, 4.69) is 16.8 Å². The molecule has 2 rings (SSSR count). The molecule has 0 aromatic heterocycles. The summed E-state index contributed by atoms with van der Waals surface area (Å²) in [6.07, 6.45) is 3.91. The lowest BCUT2D eigenvalue weighted by atomic mass is 10.0. The number of nitrogens with two attached hydrogens (primary N) is 1. The van der Waals surface area contributed by atoms with E-state index in [0.29, 0.717) is 35.8 Å². The Balaban J connectivity index is 1.81. The van der Waals surface area contributed by atoms with Gasteiger partial charge in [-0.25, -0.2) is 8.42 Å². The van der Waals surface area contributed by atoms with Gasteiger partial charge in [0.25, 0.3) is 0 Å². The average molecular weight is 287 g/mol. The lowest BCUT2D eigenvalue weighted by Gasteiger charge is -2.32. The third-order valence-electron chi connectivity index (χ3n) is 4.17. The summed E-state index contributed by atoms with van der Waals surface area (Å²) < 4.78 is 22.7. The Bertz CT molecular complexity index is 419. The minimum Gasteiger partial charge on any atom is -0.370 e. The molecule has 110 valence electrons. The van der Waals surface area contributed by atoms with Gasteiger partial charge in [0.05, 0.1) is 11.5 Å². The molecule has 5 nitrogen and oxygen atoms in total. The van der Waals surface area contributed by atoms with Gasteiger partial charge in [-0.05, 0) is 37.5 Å². The van der Waals surface area contributed by atoms with Crippen LogP contribution in [0.2, 0.25) is 0 Å². The minimum absolute atomic E-state index is 0.313. The molecule has 0 spiro atoms. The van der Waals surface area contributed by atoms with Crippen LogP contribution in [-0.2, 0) is 9.84 Å². The van der Waals surface area contributed by atoms with Gasteiger partial charge in [0, 0.05) is 19.6 Å². The molecule has 1 unspecified atom stereocenters. The van der Waals surface area contributed by atoms with E-state index < -0.39 is 9.84 Å².